The van der Waals surface area contributed by atoms with Crippen molar-refractivity contribution in [1.29, 1.82) is 0 Å². The highest BCUT2D eigenvalue weighted by Crippen LogP contribution is 2.22. The van der Waals surface area contributed by atoms with Crippen molar-refractivity contribution >= 4 is 0 Å². The molecule has 0 aromatic carbocycles. The van der Waals surface area contributed by atoms with Gasteiger partial charge in [-0.1, -0.05) is 12.2 Å². The molecule has 1 rings (SSSR count). The Balaban J connectivity index is 2.31. The minimum atomic E-state index is 0.249. The second-order valence-corrected chi connectivity index (χ2v) is 3.38. The number of nitrogens with zero attached hydrogens (tertiary/aromatic N) is 1. The average Bonchev–Trinajstić information content (AvgIpc) is 2.36. The van der Waals surface area contributed by atoms with Crippen molar-refractivity contribution in [3.05, 3.63) is 12.2 Å². The zero-order chi connectivity index (χ0) is 8.27. The largest absolute Gasteiger partial charge is 0.396 e. The number of hydrogen-bond acceptors (Lipinski definition) is 2. The van der Waals surface area contributed by atoms with Gasteiger partial charge >= 0.3 is 0 Å². The van der Waals surface area contributed by atoms with E-state index in [1.54, 1.807) is 0 Å². The fourth-order valence-electron chi connectivity index (χ4n) is 1.62. The van der Waals surface area contributed by atoms with Crippen molar-refractivity contribution in [3.8, 4) is 0 Å². The van der Waals surface area contributed by atoms with E-state index in [0.29, 0.717) is 5.92 Å². The molecular weight excluding hydrogens is 138 g/mol. The van der Waals surface area contributed by atoms with Gasteiger partial charge < -0.3 is 10.0 Å². The minimum Gasteiger partial charge on any atom is -0.396 e. The SMILES string of the molecule is C=C(CCO)C1CCN(C)C1. The third-order valence-corrected chi connectivity index (χ3v) is 2.40. The molecule has 1 atom stereocenters. The summed E-state index contributed by atoms with van der Waals surface area (Å²) in [6.45, 7) is 6.52. The first-order valence-electron chi connectivity index (χ1n) is 4.21. The second-order valence-electron chi connectivity index (χ2n) is 3.38. The molecule has 0 radical (unpaired) electrons. The number of hydrogen-bond donors (Lipinski definition) is 1. The summed E-state index contributed by atoms with van der Waals surface area (Å²) in [5.74, 6) is 0.632. The van der Waals surface area contributed by atoms with Crippen LogP contribution < -0.4 is 0 Å². The molecule has 1 aliphatic rings. The molecule has 0 spiro atoms. The summed E-state index contributed by atoms with van der Waals surface area (Å²) in [4.78, 5) is 2.31. The van der Waals surface area contributed by atoms with Gasteiger partial charge in [-0.3, -0.25) is 0 Å². The van der Waals surface area contributed by atoms with Gasteiger partial charge in [-0.2, -0.15) is 0 Å². The van der Waals surface area contributed by atoms with Crippen LogP contribution >= 0.6 is 0 Å². The fourth-order valence-corrected chi connectivity index (χ4v) is 1.62. The van der Waals surface area contributed by atoms with Crippen LogP contribution in [0.3, 0.4) is 0 Å². The lowest BCUT2D eigenvalue weighted by Crippen LogP contribution is -2.14. The van der Waals surface area contributed by atoms with E-state index in [2.05, 4.69) is 18.5 Å². The van der Waals surface area contributed by atoms with Crippen LogP contribution in [-0.2, 0) is 0 Å². The first kappa shape index (κ1) is 8.75. The molecule has 1 saturated heterocycles. The maximum Gasteiger partial charge on any atom is 0.0468 e. The van der Waals surface area contributed by atoms with Gasteiger partial charge in [-0.05, 0) is 32.4 Å². The Labute approximate surface area is 68.5 Å². The summed E-state index contributed by atoms with van der Waals surface area (Å²) >= 11 is 0. The smallest absolute Gasteiger partial charge is 0.0468 e. The first-order chi connectivity index (χ1) is 5.24. The van der Waals surface area contributed by atoms with E-state index in [9.17, 15) is 0 Å². The van der Waals surface area contributed by atoms with E-state index in [4.69, 9.17) is 5.11 Å². The van der Waals surface area contributed by atoms with Crippen LogP contribution in [0.25, 0.3) is 0 Å². The Morgan fingerprint density at radius 2 is 2.45 bits per heavy atom. The molecule has 2 nitrogen and oxygen atoms in total. The minimum absolute atomic E-state index is 0.249. The summed E-state index contributed by atoms with van der Waals surface area (Å²) in [7, 11) is 2.13. The topological polar surface area (TPSA) is 23.5 Å². The highest BCUT2D eigenvalue weighted by molar-refractivity contribution is 5.03. The van der Waals surface area contributed by atoms with E-state index < -0.39 is 0 Å². The standard InChI is InChI=1S/C9H17NO/c1-8(4-6-11)9-3-5-10(2)7-9/h9,11H,1,3-7H2,2H3. The summed E-state index contributed by atoms with van der Waals surface area (Å²) in [5, 5.41) is 8.69. The van der Waals surface area contributed by atoms with Crippen LogP contribution in [0.2, 0.25) is 0 Å². The van der Waals surface area contributed by atoms with Crippen molar-refractivity contribution < 1.29 is 5.11 Å². The van der Waals surface area contributed by atoms with Crippen molar-refractivity contribution in [2.24, 2.45) is 5.92 Å². The van der Waals surface area contributed by atoms with Crippen molar-refractivity contribution in [1.82, 2.24) is 4.90 Å². The average molecular weight is 155 g/mol. The first-order valence-corrected chi connectivity index (χ1v) is 4.21. The van der Waals surface area contributed by atoms with Crippen molar-refractivity contribution in [2.75, 3.05) is 26.7 Å². The summed E-state index contributed by atoms with van der Waals surface area (Å²) < 4.78 is 0. The highest BCUT2D eigenvalue weighted by Gasteiger charge is 2.20. The van der Waals surface area contributed by atoms with Gasteiger partial charge in [0.05, 0.1) is 0 Å². The molecule has 0 amide bonds. The van der Waals surface area contributed by atoms with Crippen LogP contribution in [0.4, 0.5) is 0 Å². The van der Waals surface area contributed by atoms with Gasteiger partial charge in [-0.25, -0.2) is 0 Å². The zero-order valence-electron chi connectivity index (χ0n) is 7.21. The lowest BCUT2D eigenvalue weighted by Gasteiger charge is -2.12. The van der Waals surface area contributed by atoms with E-state index in [1.807, 2.05) is 0 Å². The molecule has 0 aromatic rings. The van der Waals surface area contributed by atoms with Crippen molar-refractivity contribution in [2.45, 2.75) is 12.8 Å². The van der Waals surface area contributed by atoms with E-state index in [1.165, 1.54) is 18.5 Å². The van der Waals surface area contributed by atoms with Crippen molar-refractivity contribution in [3.63, 3.8) is 0 Å². The van der Waals surface area contributed by atoms with Crippen LogP contribution in [0.1, 0.15) is 12.8 Å². The molecule has 0 bridgehead atoms. The molecule has 1 fully saturated rings. The quantitative estimate of drug-likeness (QED) is 0.611. The van der Waals surface area contributed by atoms with Gasteiger partial charge in [-0.15, -0.1) is 0 Å². The predicted octanol–water partition coefficient (Wildman–Crippen LogP) is 0.877. The summed E-state index contributed by atoms with van der Waals surface area (Å²) in [5.41, 5.74) is 1.22. The van der Waals surface area contributed by atoms with E-state index in [-0.39, 0.29) is 6.61 Å². The fraction of sp³-hybridized carbons (Fsp3) is 0.778. The molecule has 11 heavy (non-hydrogen) atoms. The number of likely N-dealkylation sites (tertiary alicyclic amines) is 1. The molecule has 2 heteroatoms. The molecule has 1 aliphatic heterocycles. The van der Waals surface area contributed by atoms with Crippen LogP contribution in [0.5, 0.6) is 0 Å². The third kappa shape index (κ3) is 2.31. The van der Waals surface area contributed by atoms with Gasteiger partial charge in [0.15, 0.2) is 0 Å². The van der Waals surface area contributed by atoms with Crippen LogP contribution in [0.15, 0.2) is 12.2 Å². The molecule has 1 N–H and O–H groups in total. The Kier molecular flexibility index (Phi) is 3.09. The molecule has 0 saturated carbocycles. The highest BCUT2D eigenvalue weighted by atomic mass is 16.2. The number of aliphatic hydroxyl groups excluding tert-OH is 1. The van der Waals surface area contributed by atoms with Gasteiger partial charge in [0, 0.05) is 13.2 Å². The Morgan fingerprint density at radius 1 is 1.73 bits per heavy atom. The van der Waals surface area contributed by atoms with Gasteiger partial charge in [0.2, 0.25) is 0 Å². The van der Waals surface area contributed by atoms with Gasteiger partial charge in [0.25, 0.3) is 0 Å². The van der Waals surface area contributed by atoms with Crippen LogP contribution in [-0.4, -0.2) is 36.8 Å². The Hall–Kier alpha value is -0.340. The second kappa shape index (κ2) is 3.88. The predicted molar refractivity (Wildman–Crippen MR) is 46.4 cm³/mol. The van der Waals surface area contributed by atoms with E-state index >= 15 is 0 Å². The lowest BCUT2D eigenvalue weighted by molar-refractivity contribution is 0.293. The normalized spacial score (nSPS) is 25.8. The maximum atomic E-state index is 8.69. The maximum absolute atomic E-state index is 8.69. The molecule has 0 aliphatic carbocycles. The van der Waals surface area contributed by atoms with Gasteiger partial charge in [0.1, 0.15) is 0 Å². The Bertz CT molecular complexity index is 144. The number of aliphatic hydroxyl groups is 1. The summed E-state index contributed by atoms with van der Waals surface area (Å²) in [6.07, 6.45) is 1.99. The monoisotopic (exact) mass is 155 g/mol. The third-order valence-electron chi connectivity index (χ3n) is 2.40. The molecular formula is C9H17NO. The van der Waals surface area contributed by atoms with E-state index in [0.717, 1.165) is 13.0 Å². The summed E-state index contributed by atoms with van der Waals surface area (Å²) in [6, 6.07) is 0. The Morgan fingerprint density at radius 3 is 2.91 bits per heavy atom. The number of rotatable bonds is 3. The molecule has 64 valence electrons. The molecule has 1 unspecified atom stereocenters. The molecule has 0 aromatic heterocycles. The van der Waals surface area contributed by atoms with Crippen LogP contribution in [0, 0.1) is 5.92 Å². The zero-order valence-corrected chi connectivity index (χ0v) is 7.21. The molecule has 1 heterocycles. The lowest BCUT2D eigenvalue weighted by atomic mass is 9.97.